The zero-order chi connectivity index (χ0) is 13.8. The molecular weight excluding hydrogens is 272 g/mol. The minimum atomic E-state index is 0.540. The quantitative estimate of drug-likeness (QED) is 0.737. The highest BCUT2D eigenvalue weighted by molar-refractivity contribution is 7.98. The predicted molar refractivity (Wildman–Crippen MR) is 77.4 cm³/mol. The third-order valence-electron chi connectivity index (χ3n) is 2.72. The molecule has 0 aliphatic rings. The smallest absolute Gasteiger partial charge is 0.214 e. The second-order valence-corrected chi connectivity index (χ2v) is 4.99. The normalized spacial score (nSPS) is 10.6. The average Bonchev–Trinajstić information content (AvgIpc) is 2.96. The van der Waals surface area contributed by atoms with Crippen LogP contribution in [0.3, 0.4) is 0 Å². The van der Waals surface area contributed by atoms with Gasteiger partial charge in [-0.25, -0.2) is 4.98 Å². The molecule has 0 saturated heterocycles. The lowest BCUT2D eigenvalue weighted by Gasteiger charge is -2.05. The lowest BCUT2D eigenvalue weighted by atomic mass is 10.3. The Kier molecular flexibility index (Phi) is 3.60. The zero-order valence-electron chi connectivity index (χ0n) is 10.5. The van der Waals surface area contributed by atoms with E-state index >= 15 is 0 Å². The monoisotopic (exact) mass is 284 g/mol. The lowest BCUT2D eigenvalue weighted by Crippen LogP contribution is -2.00. The Morgan fingerprint density at radius 3 is 2.75 bits per heavy atom. The number of hydrogen-bond donors (Lipinski definition) is 1. The van der Waals surface area contributed by atoms with Crippen molar-refractivity contribution in [2.75, 3.05) is 5.73 Å². The Labute approximate surface area is 120 Å². The molecule has 6 nitrogen and oxygen atoms in total. The van der Waals surface area contributed by atoms with Crippen LogP contribution in [-0.4, -0.2) is 25.2 Å². The minimum absolute atomic E-state index is 0.540. The van der Waals surface area contributed by atoms with Gasteiger partial charge < -0.3 is 5.73 Å². The summed E-state index contributed by atoms with van der Waals surface area (Å²) in [5.74, 6) is 1.21. The van der Waals surface area contributed by atoms with Gasteiger partial charge in [-0.3, -0.25) is 0 Å². The predicted octanol–water partition coefficient (Wildman–Crippen LogP) is 1.93. The van der Waals surface area contributed by atoms with Crippen molar-refractivity contribution >= 4 is 17.6 Å². The first-order chi connectivity index (χ1) is 9.84. The van der Waals surface area contributed by atoms with Gasteiger partial charge in [-0.1, -0.05) is 36.0 Å². The molecule has 100 valence electrons. The molecule has 0 atom stereocenters. The number of para-hydroxylation sites is 1. The summed E-state index contributed by atoms with van der Waals surface area (Å²) in [6, 6.07) is 13.6. The van der Waals surface area contributed by atoms with Crippen LogP contribution in [-0.2, 0) is 5.75 Å². The van der Waals surface area contributed by atoms with Crippen LogP contribution in [0.2, 0.25) is 0 Å². The van der Waals surface area contributed by atoms with E-state index in [0.717, 1.165) is 16.4 Å². The van der Waals surface area contributed by atoms with Crippen LogP contribution in [0.25, 0.3) is 5.69 Å². The Hall–Kier alpha value is -2.41. The first-order valence-corrected chi connectivity index (χ1v) is 6.99. The molecule has 0 aliphatic carbocycles. The summed E-state index contributed by atoms with van der Waals surface area (Å²) in [5, 5.41) is 12.5. The largest absolute Gasteiger partial charge is 0.383 e. The van der Waals surface area contributed by atoms with E-state index in [1.54, 1.807) is 10.9 Å². The first kappa shape index (κ1) is 12.6. The van der Waals surface area contributed by atoms with E-state index in [1.807, 2.05) is 42.5 Å². The number of hydrogen-bond acceptors (Lipinski definition) is 6. The maximum atomic E-state index is 5.83. The number of benzene rings is 1. The molecule has 2 N–H and O–H groups in total. The zero-order valence-corrected chi connectivity index (χ0v) is 11.4. The number of pyridine rings is 1. The highest BCUT2D eigenvalue weighted by Crippen LogP contribution is 2.23. The van der Waals surface area contributed by atoms with Gasteiger partial charge in [-0.15, -0.1) is 5.10 Å². The lowest BCUT2D eigenvalue weighted by molar-refractivity contribution is 0.756. The fourth-order valence-corrected chi connectivity index (χ4v) is 2.60. The van der Waals surface area contributed by atoms with Crippen molar-refractivity contribution < 1.29 is 0 Å². The van der Waals surface area contributed by atoms with Crippen molar-refractivity contribution in [1.29, 1.82) is 0 Å². The number of tetrazole rings is 1. The molecule has 2 aromatic heterocycles. The highest BCUT2D eigenvalue weighted by atomic mass is 32.2. The van der Waals surface area contributed by atoms with Gasteiger partial charge in [0.1, 0.15) is 5.82 Å². The van der Waals surface area contributed by atoms with Crippen LogP contribution in [0.5, 0.6) is 0 Å². The van der Waals surface area contributed by atoms with Crippen LogP contribution in [0.4, 0.5) is 5.82 Å². The van der Waals surface area contributed by atoms with Gasteiger partial charge in [-0.05, 0) is 28.6 Å². The molecule has 0 spiro atoms. The maximum Gasteiger partial charge on any atom is 0.214 e. The standard InChI is InChI=1S/C13H12N6S/c14-12-10(5-4-8-15-12)9-20-13-16-17-18-19(13)11-6-2-1-3-7-11/h1-8H,9H2,(H2,14,15). The van der Waals surface area contributed by atoms with Crippen molar-refractivity contribution in [1.82, 2.24) is 25.2 Å². The summed E-state index contributed by atoms with van der Waals surface area (Å²) in [6.45, 7) is 0. The molecule has 7 heteroatoms. The van der Waals surface area contributed by atoms with Gasteiger partial charge in [0.25, 0.3) is 0 Å². The van der Waals surface area contributed by atoms with E-state index < -0.39 is 0 Å². The first-order valence-electron chi connectivity index (χ1n) is 6.00. The molecule has 0 aliphatic heterocycles. The second-order valence-electron chi connectivity index (χ2n) is 4.05. The van der Waals surface area contributed by atoms with E-state index in [1.165, 1.54) is 11.8 Å². The topological polar surface area (TPSA) is 82.5 Å². The number of rotatable bonds is 4. The molecule has 0 fully saturated rings. The summed E-state index contributed by atoms with van der Waals surface area (Å²) in [4.78, 5) is 4.07. The van der Waals surface area contributed by atoms with Crippen LogP contribution in [0.1, 0.15) is 5.56 Å². The van der Waals surface area contributed by atoms with Crippen molar-refractivity contribution in [3.8, 4) is 5.69 Å². The number of nitrogens with two attached hydrogens (primary N) is 1. The van der Waals surface area contributed by atoms with Gasteiger partial charge in [0.2, 0.25) is 5.16 Å². The summed E-state index contributed by atoms with van der Waals surface area (Å²) in [5.41, 5.74) is 7.73. The molecule has 0 amide bonds. The van der Waals surface area contributed by atoms with Crippen molar-refractivity contribution in [3.05, 3.63) is 54.2 Å². The number of aromatic nitrogens is 5. The number of nitrogens with zero attached hydrogens (tertiary/aromatic N) is 5. The van der Waals surface area contributed by atoms with E-state index in [0.29, 0.717) is 11.6 Å². The number of nitrogen functional groups attached to an aromatic ring is 1. The Balaban J connectivity index is 1.80. The summed E-state index contributed by atoms with van der Waals surface area (Å²) in [7, 11) is 0. The Bertz CT molecular complexity index is 697. The Morgan fingerprint density at radius 2 is 1.95 bits per heavy atom. The molecular formula is C13H12N6S. The van der Waals surface area contributed by atoms with E-state index in [4.69, 9.17) is 5.73 Å². The highest BCUT2D eigenvalue weighted by Gasteiger charge is 2.09. The van der Waals surface area contributed by atoms with Gasteiger partial charge >= 0.3 is 0 Å². The molecule has 1 aromatic carbocycles. The summed E-state index contributed by atoms with van der Waals surface area (Å²) < 4.78 is 1.71. The van der Waals surface area contributed by atoms with Crippen molar-refractivity contribution in [2.24, 2.45) is 0 Å². The van der Waals surface area contributed by atoms with Gasteiger partial charge in [0.05, 0.1) is 5.69 Å². The van der Waals surface area contributed by atoms with Gasteiger partial charge in [0.15, 0.2) is 0 Å². The van der Waals surface area contributed by atoms with E-state index in [2.05, 4.69) is 20.5 Å². The van der Waals surface area contributed by atoms with Crippen LogP contribution in [0, 0.1) is 0 Å². The van der Waals surface area contributed by atoms with Crippen molar-refractivity contribution in [3.63, 3.8) is 0 Å². The Morgan fingerprint density at radius 1 is 1.10 bits per heavy atom. The SMILES string of the molecule is Nc1ncccc1CSc1nnnn1-c1ccccc1. The second kappa shape index (κ2) is 5.70. The average molecular weight is 284 g/mol. The molecule has 2 heterocycles. The molecule has 3 rings (SSSR count). The van der Waals surface area contributed by atoms with Crippen LogP contribution >= 0.6 is 11.8 Å². The fraction of sp³-hybridized carbons (Fsp3) is 0.0769. The van der Waals surface area contributed by atoms with Gasteiger partial charge in [0, 0.05) is 17.5 Å². The van der Waals surface area contributed by atoms with Crippen LogP contribution in [0.15, 0.2) is 53.8 Å². The minimum Gasteiger partial charge on any atom is -0.383 e. The number of anilines is 1. The van der Waals surface area contributed by atoms with Gasteiger partial charge in [-0.2, -0.15) is 4.68 Å². The summed E-state index contributed by atoms with van der Waals surface area (Å²) in [6.07, 6.45) is 1.68. The van der Waals surface area contributed by atoms with E-state index in [-0.39, 0.29) is 0 Å². The molecule has 0 radical (unpaired) electrons. The summed E-state index contributed by atoms with van der Waals surface area (Å²) >= 11 is 1.52. The number of thioether (sulfide) groups is 1. The third kappa shape index (κ3) is 2.62. The molecule has 0 bridgehead atoms. The maximum absolute atomic E-state index is 5.83. The fourth-order valence-electron chi connectivity index (χ4n) is 1.72. The molecule has 0 saturated carbocycles. The molecule has 3 aromatic rings. The van der Waals surface area contributed by atoms with Crippen molar-refractivity contribution in [2.45, 2.75) is 10.9 Å². The molecule has 20 heavy (non-hydrogen) atoms. The third-order valence-corrected chi connectivity index (χ3v) is 3.69. The van der Waals surface area contributed by atoms with E-state index in [9.17, 15) is 0 Å². The molecule has 0 unspecified atom stereocenters. The van der Waals surface area contributed by atoms with Crippen LogP contribution < -0.4 is 5.73 Å².